The third-order valence-electron chi connectivity index (χ3n) is 4.85. The third-order valence-corrected chi connectivity index (χ3v) is 4.85. The average Bonchev–Trinajstić information content (AvgIpc) is 2.95. The summed E-state index contributed by atoms with van der Waals surface area (Å²) in [6, 6.07) is 6.19. The molecule has 1 atom stereocenters. The van der Waals surface area contributed by atoms with E-state index >= 15 is 0 Å². The van der Waals surface area contributed by atoms with Crippen molar-refractivity contribution in [2.24, 2.45) is 0 Å². The Balaban J connectivity index is 1.45. The van der Waals surface area contributed by atoms with E-state index in [-0.39, 0.29) is 12.1 Å². The van der Waals surface area contributed by atoms with Gasteiger partial charge in [-0.05, 0) is 56.2 Å². The maximum atomic E-state index is 12.4. The Labute approximate surface area is 134 Å². The Morgan fingerprint density at radius 2 is 2.17 bits per heavy atom. The molecule has 2 aliphatic rings. The number of aromatic nitrogens is 2. The lowest BCUT2D eigenvalue weighted by Crippen LogP contribution is -2.43. The largest absolute Gasteiger partial charge is 0.337 e. The van der Waals surface area contributed by atoms with Gasteiger partial charge in [-0.3, -0.25) is 0 Å². The predicted molar refractivity (Wildman–Crippen MR) is 83.9 cm³/mol. The lowest BCUT2D eigenvalue weighted by atomic mass is 10.0. The highest BCUT2D eigenvalue weighted by Gasteiger charge is 2.51. The Morgan fingerprint density at radius 3 is 2.87 bits per heavy atom. The van der Waals surface area contributed by atoms with E-state index in [0.717, 1.165) is 25.7 Å². The first-order chi connectivity index (χ1) is 11.1. The predicted octanol–water partition coefficient (Wildman–Crippen LogP) is 2.66. The van der Waals surface area contributed by atoms with Crippen LogP contribution in [0.3, 0.4) is 0 Å². The van der Waals surface area contributed by atoms with Crippen molar-refractivity contribution in [1.82, 2.24) is 20.8 Å². The number of nitrogens with zero attached hydrogens (tertiary/aromatic N) is 2. The van der Waals surface area contributed by atoms with Crippen LogP contribution in [-0.2, 0) is 12.0 Å². The number of urea groups is 1. The van der Waals surface area contributed by atoms with Gasteiger partial charge in [-0.2, -0.15) is 4.98 Å². The van der Waals surface area contributed by atoms with Gasteiger partial charge < -0.3 is 15.2 Å². The van der Waals surface area contributed by atoms with Crippen molar-refractivity contribution in [3.63, 3.8) is 0 Å². The Kier molecular flexibility index (Phi) is 3.14. The second kappa shape index (κ2) is 5.08. The summed E-state index contributed by atoms with van der Waals surface area (Å²) in [6.45, 7) is 3.90. The van der Waals surface area contributed by atoms with E-state index in [9.17, 15) is 4.79 Å². The molecule has 1 aromatic heterocycles. The molecule has 2 aromatic rings. The van der Waals surface area contributed by atoms with Gasteiger partial charge in [-0.15, -0.1) is 0 Å². The van der Waals surface area contributed by atoms with E-state index in [2.05, 4.69) is 45.9 Å². The first-order valence-corrected chi connectivity index (χ1v) is 8.05. The van der Waals surface area contributed by atoms with E-state index < -0.39 is 5.54 Å². The summed E-state index contributed by atoms with van der Waals surface area (Å²) in [5.74, 6) is 1.10. The van der Waals surface area contributed by atoms with Crippen molar-refractivity contribution < 1.29 is 9.32 Å². The quantitative estimate of drug-likeness (QED) is 0.913. The fourth-order valence-electron chi connectivity index (χ4n) is 3.41. The number of hydrogen-bond acceptors (Lipinski definition) is 4. The van der Waals surface area contributed by atoms with Crippen LogP contribution in [0.2, 0.25) is 0 Å². The zero-order valence-corrected chi connectivity index (χ0v) is 13.3. The normalized spacial score (nSPS) is 20.9. The van der Waals surface area contributed by atoms with Gasteiger partial charge in [0.25, 0.3) is 5.89 Å². The van der Waals surface area contributed by atoms with Gasteiger partial charge in [-0.25, -0.2) is 4.79 Å². The molecular weight excluding hydrogens is 292 g/mol. The van der Waals surface area contributed by atoms with Crippen molar-refractivity contribution in [3.8, 4) is 0 Å². The summed E-state index contributed by atoms with van der Waals surface area (Å²) < 4.78 is 5.23. The van der Waals surface area contributed by atoms with E-state index in [0.29, 0.717) is 11.7 Å². The lowest BCUT2D eigenvalue weighted by Gasteiger charge is -2.18. The number of carbonyl (C=O) groups excluding carboxylic acids is 1. The molecule has 0 radical (unpaired) electrons. The van der Waals surface area contributed by atoms with E-state index in [1.54, 1.807) is 6.92 Å². The summed E-state index contributed by atoms with van der Waals surface area (Å²) in [6.07, 6.45) is 3.63. The third kappa shape index (κ3) is 2.48. The van der Waals surface area contributed by atoms with Crippen LogP contribution in [0.5, 0.6) is 0 Å². The highest BCUT2D eigenvalue weighted by atomic mass is 16.5. The van der Waals surface area contributed by atoms with Crippen molar-refractivity contribution >= 4 is 6.03 Å². The number of aryl methyl sites for hydroxylation is 2. The minimum absolute atomic E-state index is 0.0742. The van der Waals surface area contributed by atoms with Gasteiger partial charge >= 0.3 is 6.03 Å². The number of nitrogens with one attached hydrogen (secondary N) is 2. The fourth-order valence-corrected chi connectivity index (χ4v) is 3.41. The topological polar surface area (TPSA) is 80.0 Å². The van der Waals surface area contributed by atoms with Crippen molar-refractivity contribution in [3.05, 3.63) is 46.6 Å². The number of amides is 2. The minimum Gasteiger partial charge on any atom is -0.337 e. The molecule has 6 nitrogen and oxygen atoms in total. The molecule has 2 N–H and O–H groups in total. The summed E-state index contributed by atoms with van der Waals surface area (Å²) in [5.41, 5.74) is 3.43. The zero-order valence-electron chi connectivity index (χ0n) is 13.3. The monoisotopic (exact) mass is 312 g/mol. The number of hydrogen-bond donors (Lipinski definition) is 2. The second-order valence-corrected chi connectivity index (χ2v) is 6.56. The lowest BCUT2D eigenvalue weighted by molar-refractivity contribution is 0.226. The molecule has 120 valence electrons. The molecule has 1 fully saturated rings. The fraction of sp³-hybridized carbons (Fsp3) is 0.471. The van der Waals surface area contributed by atoms with Crippen LogP contribution in [0.1, 0.15) is 53.7 Å². The Bertz CT molecular complexity index is 764. The summed E-state index contributed by atoms with van der Waals surface area (Å²) >= 11 is 0. The first-order valence-electron chi connectivity index (χ1n) is 8.05. The maximum Gasteiger partial charge on any atom is 0.316 e. The standard InChI is InChI=1S/C17H20N4O2/c1-10-4-3-5-13-12(10)6-7-14(13)19-16(22)20-17(8-9-17)15-18-11(2)21-23-15/h3-5,14H,6-9H2,1-2H3,(H2,19,20,22). The van der Waals surface area contributed by atoms with Crippen LogP contribution in [0, 0.1) is 13.8 Å². The van der Waals surface area contributed by atoms with Gasteiger partial charge in [0.05, 0.1) is 6.04 Å². The molecule has 1 unspecified atom stereocenters. The summed E-state index contributed by atoms with van der Waals surface area (Å²) in [5, 5.41) is 9.93. The first kappa shape index (κ1) is 14.2. The van der Waals surface area contributed by atoms with Crippen LogP contribution in [0.25, 0.3) is 0 Å². The second-order valence-electron chi connectivity index (χ2n) is 6.56. The molecule has 6 heteroatoms. The highest BCUT2D eigenvalue weighted by molar-refractivity contribution is 5.76. The van der Waals surface area contributed by atoms with Crippen LogP contribution in [0.15, 0.2) is 22.7 Å². The molecule has 0 spiro atoms. The van der Waals surface area contributed by atoms with E-state index in [4.69, 9.17) is 4.52 Å². The number of fused-ring (bicyclic) bond motifs is 1. The van der Waals surface area contributed by atoms with Crippen LogP contribution >= 0.6 is 0 Å². The minimum atomic E-state index is -0.473. The molecule has 2 aliphatic carbocycles. The highest BCUT2D eigenvalue weighted by Crippen LogP contribution is 2.44. The summed E-state index contributed by atoms with van der Waals surface area (Å²) in [7, 11) is 0. The zero-order chi connectivity index (χ0) is 16.0. The molecule has 23 heavy (non-hydrogen) atoms. The van der Waals surface area contributed by atoms with Gasteiger partial charge in [0.2, 0.25) is 0 Å². The number of benzene rings is 1. The molecule has 2 amide bonds. The van der Waals surface area contributed by atoms with Crippen LogP contribution < -0.4 is 10.6 Å². The van der Waals surface area contributed by atoms with E-state index in [1.807, 2.05) is 0 Å². The van der Waals surface area contributed by atoms with Crippen LogP contribution in [-0.4, -0.2) is 16.2 Å². The molecule has 1 aromatic carbocycles. The molecule has 0 bridgehead atoms. The molecule has 0 aliphatic heterocycles. The molecular formula is C17H20N4O2. The molecule has 1 saturated carbocycles. The van der Waals surface area contributed by atoms with Crippen molar-refractivity contribution in [2.45, 2.75) is 51.1 Å². The van der Waals surface area contributed by atoms with Crippen LogP contribution in [0.4, 0.5) is 4.79 Å². The Hall–Kier alpha value is -2.37. The maximum absolute atomic E-state index is 12.4. The van der Waals surface area contributed by atoms with Crippen molar-refractivity contribution in [2.75, 3.05) is 0 Å². The molecule has 1 heterocycles. The van der Waals surface area contributed by atoms with E-state index in [1.165, 1.54) is 16.7 Å². The smallest absolute Gasteiger partial charge is 0.316 e. The average molecular weight is 312 g/mol. The number of rotatable bonds is 3. The molecule has 0 saturated heterocycles. The van der Waals surface area contributed by atoms with Gasteiger partial charge in [0.15, 0.2) is 5.82 Å². The Morgan fingerprint density at radius 1 is 1.35 bits per heavy atom. The number of carbonyl (C=O) groups is 1. The van der Waals surface area contributed by atoms with Gasteiger partial charge in [0.1, 0.15) is 5.54 Å². The molecule has 4 rings (SSSR count). The summed E-state index contributed by atoms with van der Waals surface area (Å²) in [4.78, 5) is 16.7. The van der Waals surface area contributed by atoms with Gasteiger partial charge in [-0.1, -0.05) is 23.4 Å². The van der Waals surface area contributed by atoms with Crippen molar-refractivity contribution in [1.29, 1.82) is 0 Å². The van der Waals surface area contributed by atoms with Gasteiger partial charge in [0, 0.05) is 0 Å². The SMILES string of the molecule is Cc1noc(C2(NC(=O)NC3CCc4c(C)cccc43)CC2)n1.